The maximum Gasteiger partial charge on any atom is 0.501 e. The van der Waals surface area contributed by atoms with Crippen molar-refractivity contribution in [2.24, 2.45) is 0 Å². The van der Waals surface area contributed by atoms with E-state index >= 15 is 0 Å². The van der Waals surface area contributed by atoms with Gasteiger partial charge in [-0.15, -0.1) is 11.3 Å². The molecule has 1 saturated heterocycles. The Balaban J connectivity index is 1.78. The van der Waals surface area contributed by atoms with E-state index in [1.165, 1.54) is 0 Å². The van der Waals surface area contributed by atoms with Gasteiger partial charge in [-0.3, -0.25) is 15.0 Å². The van der Waals surface area contributed by atoms with Gasteiger partial charge in [0.15, 0.2) is 0 Å². The Kier molecular flexibility index (Phi) is 5.83. The SMILES string of the molecule is Cc1nc(CN2CCN(c3ccc(S(=O)(=O)C(F)(F)F)cc3[N+](=O)[O-])CC2)cs1. The molecule has 0 atom stereocenters. The lowest BCUT2D eigenvalue weighted by Gasteiger charge is -2.35. The Hall–Kier alpha value is -2.25. The summed E-state index contributed by atoms with van der Waals surface area (Å²) < 4.78 is 61.4. The highest BCUT2D eigenvalue weighted by Gasteiger charge is 2.47. The zero-order valence-electron chi connectivity index (χ0n) is 15.2. The van der Waals surface area contributed by atoms with Crippen LogP contribution in [0, 0.1) is 17.0 Å². The Morgan fingerprint density at radius 2 is 1.90 bits per heavy atom. The number of nitro groups is 1. The highest BCUT2D eigenvalue weighted by atomic mass is 32.2. The zero-order chi connectivity index (χ0) is 21.4. The minimum absolute atomic E-state index is 0.0975. The van der Waals surface area contributed by atoms with Crippen molar-refractivity contribution in [1.82, 2.24) is 9.88 Å². The number of thiazole rings is 1. The fourth-order valence-corrected chi connectivity index (χ4v) is 4.46. The molecule has 1 fully saturated rings. The number of nitrogens with zero attached hydrogens (tertiary/aromatic N) is 4. The van der Waals surface area contributed by atoms with Crippen LogP contribution in [0.5, 0.6) is 0 Å². The third kappa shape index (κ3) is 4.51. The second kappa shape index (κ2) is 7.88. The molecule has 0 bridgehead atoms. The number of hydrogen-bond acceptors (Lipinski definition) is 8. The van der Waals surface area contributed by atoms with E-state index in [1.807, 2.05) is 12.3 Å². The first-order valence-corrected chi connectivity index (χ1v) is 10.8. The van der Waals surface area contributed by atoms with Crippen molar-refractivity contribution in [3.05, 3.63) is 44.4 Å². The summed E-state index contributed by atoms with van der Waals surface area (Å²) in [4.78, 5) is 17.6. The van der Waals surface area contributed by atoms with Crippen molar-refractivity contribution < 1.29 is 26.5 Å². The highest BCUT2D eigenvalue weighted by Crippen LogP contribution is 2.36. The van der Waals surface area contributed by atoms with E-state index < -0.39 is 30.9 Å². The van der Waals surface area contributed by atoms with E-state index in [-0.39, 0.29) is 5.69 Å². The van der Waals surface area contributed by atoms with Gasteiger partial charge >= 0.3 is 5.51 Å². The lowest BCUT2D eigenvalue weighted by molar-refractivity contribution is -0.384. The highest BCUT2D eigenvalue weighted by molar-refractivity contribution is 7.92. The lowest BCUT2D eigenvalue weighted by atomic mass is 10.2. The number of piperazine rings is 1. The Morgan fingerprint density at radius 3 is 2.41 bits per heavy atom. The van der Waals surface area contributed by atoms with Gasteiger partial charge in [-0.1, -0.05) is 0 Å². The summed E-state index contributed by atoms with van der Waals surface area (Å²) in [5, 5.41) is 14.3. The topological polar surface area (TPSA) is 96.7 Å². The van der Waals surface area contributed by atoms with Gasteiger partial charge in [0.2, 0.25) is 0 Å². The van der Waals surface area contributed by atoms with Crippen molar-refractivity contribution >= 4 is 32.5 Å². The van der Waals surface area contributed by atoms with Gasteiger partial charge in [-0.2, -0.15) is 13.2 Å². The van der Waals surface area contributed by atoms with Crippen molar-refractivity contribution in [1.29, 1.82) is 0 Å². The van der Waals surface area contributed by atoms with Crippen LogP contribution in [0.1, 0.15) is 10.7 Å². The molecule has 2 heterocycles. The molecule has 1 aliphatic heterocycles. The second-order valence-electron chi connectivity index (χ2n) is 6.48. The van der Waals surface area contributed by atoms with Gasteiger partial charge in [0.05, 0.1) is 20.5 Å². The number of benzene rings is 1. The number of hydrogen-bond donors (Lipinski definition) is 0. The van der Waals surface area contributed by atoms with Crippen LogP contribution in [-0.4, -0.2) is 54.9 Å². The quantitative estimate of drug-likeness (QED) is 0.510. The number of halogens is 3. The lowest BCUT2D eigenvalue weighted by Crippen LogP contribution is -2.46. The molecule has 13 heteroatoms. The van der Waals surface area contributed by atoms with E-state index in [9.17, 15) is 31.7 Å². The molecular formula is C16H17F3N4O4S2. The average molecular weight is 450 g/mol. The van der Waals surface area contributed by atoms with E-state index in [0.717, 1.165) is 22.8 Å². The molecule has 8 nitrogen and oxygen atoms in total. The van der Waals surface area contributed by atoms with Gasteiger partial charge < -0.3 is 4.90 Å². The molecule has 1 aliphatic rings. The maximum atomic E-state index is 12.8. The fraction of sp³-hybridized carbons (Fsp3) is 0.438. The third-order valence-corrected chi connectivity index (χ3v) is 6.83. The van der Waals surface area contributed by atoms with Crippen LogP contribution in [0.4, 0.5) is 24.5 Å². The van der Waals surface area contributed by atoms with Crippen LogP contribution in [0.15, 0.2) is 28.5 Å². The fourth-order valence-electron chi connectivity index (χ4n) is 3.07. The Bertz CT molecular complexity index is 1020. The van der Waals surface area contributed by atoms with Crippen LogP contribution in [0.3, 0.4) is 0 Å². The first-order valence-electron chi connectivity index (χ1n) is 8.47. The summed E-state index contributed by atoms with van der Waals surface area (Å²) in [5.41, 5.74) is -5.16. The standard InChI is InChI=1S/C16H17F3N4O4S2/c1-11-20-12(10-28-11)9-21-4-6-22(7-5-21)14-3-2-13(8-15(14)23(24)25)29(26,27)16(17,18)19/h2-3,8,10H,4-7,9H2,1H3. The third-order valence-electron chi connectivity index (χ3n) is 4.52. The zero-order valence-corrected chi connectivity index (χ0v) is 16.9. The largest absolute Gasteiger partial charge is 0.501 e. The predicted molar refractivity (Wildman–Crippen MR) is 101 cm³/mol. The molecule has 1 aromatic carbocycles. The molecule has 0 aliphatic carbocycles. The maximum absolute atomic E-state index is 12.8. The van der Waals surface area contributed by atoms with Crippen LogP contribution in [0.25, 0.3) is 0 Å². The summed E-state index contributed by atoms with van der Waals surface area (Å²) >= 11 is 1.55. The van der Waals surface area contributed by atoms with E-state index in [4.69, 9.17) is 0 Å². The Labute approximate surface area is 168 Å². The number of aromatic nitrogens is 1. The van der Waals surface area contributed by atoms with E-state index in [0.29, 0.717) is 38.8 Å². The first kappa shape index (κ1) is 21.5. The summed E-state index contributed by atoms with van der Waals surface area (Å²) in [6, 6.07) is 2.30. The predicted octanol–water partition coefficient (Wildman–Crippen LogP) is 2.98. The summed E-state index contributed by atoms with van der Waals surface area (Å²) in [6.07, 6.45) is 0. The van der Waals surface area contributed by atoms with Crippen molar-refractivity contribution in [2.75, 3.05) is 31.1 Å². The average Bonchev–Trinajstić information content (AvgIpc) is 3.05. The smallest absolute Gasteiger partial charge is 0.363 e. The summed E-state index contributed by atoms with van der Waals surface area (Å²) in [6.45, 7) is 4.54. The molecule has 29 heavy (non-hydrogen) atoms. The number of aryl methyl sites for hydroxylation is 1. The van der Waals surface area contributed by atoms with Crippen LogP contribution in [0.2, 0.25) is 0 Å². The molecule has 0 amide bonds. The van der Waals surface area contributed by atoms with E-state index in [1.54, 1.807) is 16.2 Å². The van der Waals surface area contributed by atoms with Crippen LogP contribution >= 0.6 is 11.3 Å². The minimum Gasteiger partial charge on any atom is -0.363 e. The van der Waals surface area contributed by atoms with E-state index in [2.05, 4.69) is 9.88 Å². The molecular weight excluding hydrogens is 433 g/mol. The number of sulfone groups is 1. The molecule has 0 N–H and O–H groups in total. The monoisotopic (exact) mass is 450 g/mol. The van der Waals surface area contributed by atoms with Gasteiger partial charge in [-0.05, 0) is 19.1 Å². The molecule has 0 radical (unpaired) electrons. The van der Waals surface area contributed by atoms with Crippen LogP contribution < -0.4 is 4.90 Å². The van der Waals surface area contributed by atoms with Gasteiger partial charge in [0.1, 0.15) is 5.69 Å². The number of alkyl halides is 3. The normalized spacial score (nSPS) is 16.2. The van der Waals surface area contributed by atoms with Gasteiger partial charge in [-0.25, -0.2) is 13.4 Å². The van der Waals surface area contributed by atoms with Crippen LogP contribution in [-0.2, 0) is 16.4 Å². The van der Waals surface area contributed by atoms with Crippen molar-refractivity contribution in [2.45, 2.75) is 23.9 Å². The molecule has 0 unspecified atom stereocenters. The number of anilines is 1. The molecule has 3 rings (SSSR count). The molecule has 2 aromatic rings. The first-order chi connectivity index (χ1) is 13.5. The molecule has 0 spiro atoms. The number of nitro benzene ring substituents is 1. The second-order valence-corrected chi connectivity index (χ2v) is 9.48. The Morgan fingerprint density at radius 1 is 1.24 bits per heavy atom. The molecule has 158 valence electrons. The molecule has 1 aromatic heterocycles. The summed E-state index contributed by atoms with van der Waals surface area (Å²) in [5.74, 6) is 0. The summed E-state index contributed by atoms with van der Waals surface area (Å²) in [7, 11) is -5.66. The molecule has 0 saturated carbocycles. The van der Waals surface area contributed by atoms with Crippen molar-refractivity contribution in [3.8, 4) is 0 Å². The minimum atomic E-state index is -5.66. The van der Waals surface area contributed by atoms with Gasteiger partial charge in [0.25, 0.3) is 15.5 Å². The number of rotatable bonds is 5. The van der Waals surface area contributed by atoms with Gasteiger partial charge in [0, 0.05) is 44.2 Å². The van der Waals surface area contributed by atoms with Crippen molar-refractivity contribution in [3.63, 3.8) is 0 Å².